The van der Waals surface area contributed by atoms with E-state index in [9.17, 15) is 4.79 Å². The summed E-state index contributed by atoms with van der Waals surface area (Å²) in [7, 11) is 0. The van der Waals surface area contributed by atoms with Crippen molar-refractivity contribution in [2.75, 3.05) is 6.61 Å². The average Bonchev–Trinajstić information content (AvgIpc) is 3.08. The molecule has 1 aliphatic rings. The number of aromatic amines is 1. The average molecular weight is 313 g/mol. The number of carboxylic acids is 1. The number of ether oxygens (including phenoxy) is 1. The molecule has 0 amide bonds. The molecule has 1 aliphatic heterocycles. The first-order chi connectivity index (χ1) is 11.1. The predicted molar refractivity (Wildman–Crippen MR) is 88.1 cm³/mol. The minimum Gasteiger partial charge on any atom is -0.492 e. The summed E-state index contributed by atoms with van der Waals surface area (Å²) in [6.07, 6.45) is 9.61. The number of nitrogens with zero attached hydrogens (tertiary/aromatic N) is 2. The highest BCUT2D eigenvalue weighted by molar-refractivity contribution is 5.99. The maximum Gasteiger partial charge on any atom is 0.335 e. The number of hydrogen-bond acceptors (Lipinski definition) is 4. The van der Waals surface area contributed by atoms with Crippen LogP contribution in [0.3, 0.4) is 0 Å². The van der Waals surface area contributed by atoms with Gasteiger partial charge in [0, 0.05) is 12.6 Å². The summed E-state index contributed by atoms with van der Waals surface area (Å²) in [5.41, 5.74) is 2.78. The molecule has 0 saturated carbocycles. The van der Waals surface area contributed by atoms with Crippen molar-refractivity contribution in [1.29, 1.82) is 0 Å². The lowest BCUT2D eigenvalue weighted by atomic mass is 10.1. The molecule has 0 bridgehead atoms. The van der Waals surface area contributed by atoms with Gasteiger partial charge in [0.1, 0.15) is 12.4 Å². The Morgan fingerprint density at radius 3 is 2.87 bits per heavy atom. The van der Waals surface area contributed by atoms with Crippen molar-refractivity contribution in [3.8, 4) is 0 Å². The van der Waals surface area contributed by atoms with E-state index in [0.717, 1.165) is 30.0 Å². The van der Waals surface area contributed by atoms with Crippen LogP contribution in [0, 0.1) is 0 Å². The van der Waals surface area contributed by atoms with Gasteiger partial charge in [0.15, 0.2) is 0 Å². The fraction of sp³-hybridized carbons (Fsp3) is 0.235. The Morgan fingerprint density at radius 1 is 1.48 bits per heavy atom. The van der Waals surface area contributed by atoms with E-state index in [2.05, 4.69) is 21.8 Å². The first-order valence-electron chi connectivity index (χ1n) is 7.24. The molecule has 0 fully saturated rings. The number of aliphatic imine (C=N–C) groups is 1. The van der Waals surface area contributed by atoms with E-state index in [1.54, 1.807) is 25.4 Å². The van der Waals surface area contributed by atoms with Crippen LogP contribution < -0.4 is 0 Å². The minimum absolute atomic E-state index is 0.219. The Kier molecular flexibility index (Phi) is 5.68. The quantitative estimate of drug-likeness (QED) is 0.598. The van der Waals surface area contributed by atoms with Gasteiger partial charge in [-0.05, 0) is 31.1 Å². The van der Waals surface area contributed by atoms with Gasteiger partial charge in [-0.25, -0.2) is 4.79 Å². The Balaban J connectivity index is 1.86. The molecule has 0 unspecified atom stereocenters. The van der Waals surface area contributed by atoms with Crippen LogP contribution >= 0.6 is 0 Å². The number of aliphatic carboxylic acids is 1. The molecule has 6 heteroatoms. The zero-order valence-electron chi connectivity index (χ0n) is 13.0. The number of aromatic nitrogens is 2. The monoisotopic (exact) mass is 313 g/mol. The molecular formula is C17H19N3O3. The smallest absolute Gasteiger partial charge is 0.335 e. The summed E-state index contributed by atoms with van der Waals surface area (Å²) in [5.74, 6) is -0.180. The van der Waals surface area contributed by atoms with Gasteiger partial charge in [-0.1, -0.05) is 18.7 Å². The molecule has 120 valence electrons. The highest BCUT2D eigenvalue weighted by Gasteiger charge is 2.12. The highest BCUT2D eigenvalue weighted by atomic mass is 16.5. The number of allylic oxidation sites excluding steroid dienone is 2. The van der Waals surface area contributed by atoms with E-state index in [1.807, 2.05) is 6.07 Å². The summed E-state index contributed by atoms with van der Waals surface area (Å²) in [6.45, 7) is 5.83. The zero-order chi connectivity index (χ0) is 16.7. The predicted octanol–water partition coefficient (Wildman–Crippen LogP) is 2.99. The van der Waals surface area contributed by atoms with Gasteiger partial charge in [-0.3, -0.25) is 10.1 Å². The van der Waals surface area contributed by atoms with Gasteiger partial charge in [0.25, 0.3) is 0 Å². The summed E-state index contributed by atoms with van der Waals surface area (Å²) in [4.78, 5) is 15.2. The molecular weight excluding hydrogens is 294 g/mol. The van der Waals surface area contributed by atoms with Crippen molar-refractivity contribution < 1.29 is 14.6 Å². The van der Waals surface area contributed by atoms with Crippen molar-refractivity contribution >= 4 is 11.7 Å². The number of H-pyrrole nitrogens is 1. The second-order valence-electron chi connectivity index (χ2n) is 4.97. The van der Waals surface area contributed by atoms with Gasteiger partial charge < -0.3 is 9.84 Å². The Bertz CT molecular complexity index is 695. The topological polar surface area (TPSA) is 87.6 Å². The molecule has 0 atom stereocenters. The second kappa shape index (κ2) is 7.93. The third kappa shape index (κ3) is 4.81. The van der Waals surface area contributed by atoms with Crippen LogP contribution in [-0.2, 0) is 9.53 Å². The standard InChI is InChI=1S/C17H19N3O3/c1-3-13(17(21)22)5-4-12(2)11-23-14-6-7-15(18-10-14)16-8-9-19-20-16/h3-5,8-10H,2,6-7,11H2,1H3,(H,19,20)(H,21,22)/b5-4-,13-3+. The minimum atomic E-state index is -0.965. The molecule has 0 saturated heterocycles. The van der Waals surface area contributed by atoms with E-state index in [1.165, 1.54) is 12.2 Å². The summed E-state index contributed by atoms with van der Waals surface area (Å²) in [6, 6.07) is 1.88. The number of carboxylic acid groups (broad SMARTS) is 1. The molecule has 0 spiro atoms. The number of rotatable bonds is 7. The molecule has 1 aromatic heterocycles. The fourth-order valence-corrected chi connectivity index (χ4v) is 1.98. The van der Waals surface area contributed by atoms with Crippen LogP contribution in [0.15, 0.2) is 65.2 Å². The van der Waals surface area contributed by atoms with Crippen LogP contribution in [0.4, 0.5) is 0 Å². The maximum atomic E-state index is 10.9. The Labute approximate surface area is 134 Å². The largest absolute Gasteiger partial charge is 0.492 e. The molecule has 0 aromatic carbocycles. The number of carbonyl (C=O) groups is 1. The normalized spacial score (nSPS) is 15.3. The SMILES string of the molecule is C=C(/C=C\C(=C/C)C(=O)O)COC1=CN=C(c2ccn[nH]2)CC1. The van der Waals surface area contributed by atoms with Gasteiger partial charge >= 0.3 is 5.97 Å². The lowest BCUT2D eigenvalue weighted by molar-refractivity contribution is -0.132. The third-order valence-electron chi connectivity index (χ3n) is 3.28. The lowest BCUT2D eigenvalue weighted by Crippen LogP contribution is -2.08. The van der Waals surface area contributed by atoms with E-state index in [0.29, 0.717) is 12.2 Å². The second-order valence-corrected chi connectivity index (χ2v) is 4.97. The fourth-order valence-electron chi connectivity index (χ4n) is 1.98. The van der Waals surface area contributed by atoms with Crippen molar-refractivity contribution in [3.63, 3.8) is 0 Å². The number of nitrogens with one attached hydrogen (secondary N) is 1. The van der Waals surface area contributed by atoms with E-state index < -0.39 is 5.97 Å². The lowest BCUT2D eigenvalue weighted by Gasteiger charge is -2.14. The molecule has 6 nitrogen and oxygen atoms in total. The van der Waals surface area contributed by atoms with Crippen molar-refractivity contribution in [2.24, 2.45) is 4.99 Å². The van der Waals surface area contributed by atoms with Crippen LogP contribution in [0.2, 0.25) is 0 Å². The molecule has 23 heavy (non-hydrogen) atoms. The van der Waals surface area contributed by atoms with Crippen molar-refractivity contribution in [1.82, 2.24) is 10.2 Å². The van der Waals surface area contributed by atoms with Crippen LogP contribution in [-0.4, -0.2) is 33.6 Å². The summed E-state index contributed by atoms with van der Waals surface area (Å²) < 4.78 is 5.65. The van der Waals surface area contributed by atoms with Crippen molar-refractivity contribution in [2.45, 2.75) is 19.8 Å². The molecule has 0 aliphatic carbocycles. The molecule has 2 rings (SSSR count). The van der Waals surface area contributed by atoms with E-state index >= 15 is 0 Å². The molecule has 0 radical (unpaired) electrons. The Morgan fingerprint density at radius 2 is 2.30 bits per heavy atom. The van der Waals surface area contributed by atoms with Gasteiger partial charge in [0.2, 0.25) is 0 Å². The first-order valence-corrected chi connectivity index (χ1v) is 7.24. The Hall–Kier alpha value is -2.89. The summed E-state index contributed by atoms with van der Waals surface area (Å²) >= 11 is 0. The van der Waals surface area contributed by atoms with Crippen LogP contribution in [0.5, 0.6) is 0 Å². The molecule has 2 N–H and O–H groups in total. The zero-order valence-corrected chi connectivity index (χ0v) is 13.0. The van der Waals surface area contributed by atoms with Gasteiger partial charge in [-0.15, -0.1) is 0 Å². The van der Waals surface area contributed by atoms with Crippen LogP contribution in [0.1, 0.15) is 25.5 Å². The highest BCUT2D eigenvalue weighted by Crippen LogP contribution is 2.17. The maximum absolute atomic E-state index is 10.9. The van der Waals surface area contributed by atoms with Crippen molar-refractivity contribution in [3.05, 3.63) is 65.9 Å². The first kappa shape index (κ1) is 16.5. The van der Waals surface area contributed by atoms with Crippen LogP contribution in [0.25, 0.3) is 0 Å². The molecule has 2 heterocycles. The van der Waals surface area contributed by atoms with E-state index in [4.69, 9.17) is 9.84 Å². The third-order valence-corrected chi connectivity index (χ3v) is 3.28. The summed E-state index contributed by atoms with van der Waals surface area (Å²) in [5, 5.41) is 15.7. The van der Waals surface area contributed by atoms with E-state index in [-0.39, 0.29) is 5.57 Å². The van der Waals surface area contributed by atoms with Gasteiger partial charge in [-0.2, -0.15) is 5.10 Å². The van der Waals surface area contributed by atoms with Gasteiger partial charge in [0.05, 0.1) is 23.2 Å². The molecule has 1 aromatic rings. The number of hydrogen-bond donors (Lipinski definition) is 2.